The molecular weight excluding hydrogens is 507 g/mol. The van der Waals surface area contributed by atoms with E-state index in [0.717, 1.165) is 29.2 Å². The number of benzene rings is 2. The molecule has 2 aromatic heterocycles. The quantitative estimate of drug-likeness (QED) is 0.227. The highest BCUT2D eigenvalue weighted by atomic mass is 19.2. The minimum atomic E-state index is -1.16. The fourth-order valence-electron chi connectivity index (χ4n) is 3.76. The topological polar surface area (TPSA) is 105 Å². The standard InChI is InChI=1S/C26H24F3N3O6/c1-4-9-37-13-20(33)17-6-7-18-25(30-17)32(26(34)31-18)19-11-23(22(36-3)10-16(19)28)38-12-14-21(35-2)8-5-15(27)24(14)29/h5-8,10-11H,4,9,12-13H2,1-3H3,(H,31,34). The van der Waals surface area contributed by atoms with Gasteiger partial charge in [0.2, 0.25) is 5.78 Å². The lowest BCUT2D eigenvalue weighted by atomic mass is 10.2. The Morgan fingerprint density at radius 1 is 1.00 bits per heavy atom. The van der Waals surface area contributed by atoms with Crippen molar-refractivity contribution in [2.45, 2.75) is 20.0 Å². The molecule has 0 aliphatic heterocycles. The number of halogens is 3. The van der Waals surface area contributed by atoms with E-state index >= 15 is 4.39 Å². The fourth-order valence-corrected chi connectivity index (χ4v) is 3.76. The molecule has 0 saturated heterocycles. The molecule has 38 heavy (non-hydrogen) atoms. The zero-order valence-corrected chi connectivity index (χ0v) is 20.8. The lowest BCUT2D eigenvalue weighted by Gasteiger charge is -2.15. The molecule has 0 fully saturated rings. The van der Waals surface area contributed by atoms with Gasteiger partial charge in [0.15, 0.2) is 34.6 Å². The summed E-state index contributed by atoms with van der Waals surface area (Å²) >= 11 is 0. The van der Waals surface area contributed by atoms with Crippen molar-refractivity contribution >= 4 is 16.9 Å². The summed E-state index contributed by atoms with van der Waals surface area (Å²) in [5, 5.41) is 0. The minimum absolute atomic E-state index is 0.01000. The van der Waals surface area contributed by atoms with Gasteiger partial charge in [-0.3, -0.25) is 4.79 Å². The van der Waals surface area contributed by atoms with Crippen molar-refractivity contribution < 1.29 is 36.9 Å². The van der Waals surface area contributed by atoms with Crippen molar-refractivity contribution in [3.63, 3.8) is 0 Å². The Morgan fingerprint density at radius 3 is 2.47 bits per heavy atom. The van der Waals surface area contributed by atoms with Crippen LogP contribution in [0.1, 0.15) is 29.4 Å². The van der Waals surface area contributed by atoms with Crippen molar-refractivity contribution in [3.05, 3.63) is 75.6 Å². The summed E-state index contributed by atoms with van der Waals surface area (Å²) in [5.74, 6) is -3.63. The molecule has 0 spiro atoms. The highest BCUT2D eigenvalue weighted by Gasteiger charge is 2.21. The fraction of sp³-hybridized carbons (Fsp3) is 0.269. The summed E-state index contributed by atoms with van der Waals surface area (Å²) in [7, 11) is 2.56. The largest absolute Gasteiger partial charge is 0.496 e. The summed E-state index contributed by atoms with van der Waals surface area (Å²) in [6.07, 6.45) is 0.733. The van der Waals surface area contributed by atoms with Crippen molar-refractivity contribution in [2.24, 2.45) is 0 Å². The van der Waals surface area contributed by atoms with Gasteiger partial charge >= 0.3 is 5.69 Å². The summed E-state index contributed by atoms with van der Waals surface area (Å²) < 4.78 is 65.5. The van der Waals surface area contributed by atoms with Crippen LogP contribution in [-0.4, -0.2) is 47.8 Å². The van der Waals surface area contributed by atoms with Crippen LogP contribution in [0.3, 0.4) is 0 Å². The van der Waals surface area contributed by atoms with E-state index in [0.29, 0.717) is 6.61 Å². The zero-order valence-electron chi connectivity index (χ0n) is 20.8. The number of rotatable bonds is 11. The highest BCUT2D eigenvalue weighted by molar-refractivity contribution is 5.96. The van der Waals surface area contributed by atoms with Crippen LogP contribution in [0.15, 0.2) is 41.2 Å². The number of pyridine rings is 1. The van der Waals surface area contributed by atoms with Crippen molar-refractivity contribution in [1.82, 2.24) is 14.5 Å². The first kappa shape index (κ1) is 26.7. The molecule has 4 rings (SSSR count). The lowest BCUT2D eigenvalue weighted by Crippen LogP contribution is -2.17. The molecule has 0 amide bonds. The SMILES string of the molecule is CCCOCC(=O)c1ccc2[nH]c(=O)n(-c3cc(OCc4c(OC)ccc(F)c4F)c(OC)cc3F)c2n1. The first-order valence-electron chi connectivity index (χ1n) is 11.5. The monoisotopic (exact) mass is 531 g/mol. The van der Waals surface area contributed by atoms with Crippen LogP contribution in [0.5, 0.6) is 17.2 Å². The van der Waals surface area contributed by atoms with Gasteiger partial charge in [0.05, 0.1) is 31.0 Å². The normalized spacial score (nSPS) is 11.1. The van der Waals surface area contributed by atoms with Crippen molar-refractivity contribution in [3.8, 4) is 22.9 Å². The Labute approximate surface area is 214 Å². The van der Waals surface area contributed by atoms with Crippen LogP contribution in [0.2, 0.25) is 0 Å². The summed E-state index contributed by atoms with van der Waals surface area (Å²) in [4.78, 5) is 32.1. The van der Waals surface area contributed by atoms with Gasteiger partial charge in [-0.2, -0.15) is 0 Å². The second-order valence-electron chi connectivity index (χ2n) is 8.09. The third-order valence-corrected chi connectivity index (χ3v) is 5.62. The van der Waals surface area contributed by atoms with Crippen LogP contribution in [-0.2, 0) is 11.3 Å². The van der Waals surface area contributed by atoms with Gasteiger partial charge in [-0.15, -0.1) is 0 Å². The van der Waals surface area contributed by atoms with Crippen LogP contribution in [0.4, 0.5) is 13.2 Å². The Bertz CT molecular complexity index is 1550. The summed E-state index contributed by atoms with van der Waals surface area (Å²) in [6, 6.07) is 7.20. The molecule has 0 atom stereocenters. The third kappa shape index (κ3) is 5.21. The van der Waals surface area contributed by atoms with Crippen LogP contribution in [0.25, 0.3) is 16.9 Å². The van der Waals surface area contributed by atoms with E-state index in [1.54, 1.807) is 0 Å². The Kier molecular flexibility index (Phi) is 8.01. The van der Waals surface area contributed by atoms with E-state index < -0.39 is 35.5 Å². The van der Waals surface area contributed by atoms with Gasteiger partial charge < -0.3 is 23.9 Å². The number of carbonyl (C=O) groups excluding carboxylic acids is 1. The van der Waals surface area contributed by atoms with Crippen LogP contribution < -0.4 is 19.9 Å². The van der Waals surface area contributed by atoms with Gasteiger partial charge in [0, 0.05) is 18.7 Å². The molecule has 9 nitrogen and oxygen atoms in total. The Hall–Kier alpha value is -4.32. The predicted octanol–water partition coefficient (Wildman–Crippen LogP) is 4.34. The minimum Gasteiger partial charge on any atom is -0.496 e. The maximum atomic E-state index is 15.2. The van der Waals surface area contributed by atoms with Gasteiger partial charge in [-0.05, 0) is 30.7 Å². The second kappa shape index (κ2) is 11.4. The molecule has 0 radical (unpaired) electrons. The van der Waals surface area contributed by atoms with E-state index in [2.05, 4.69) is 9.97 Å². The first-order valence-corrected chi connectivity index (χ1v) is 11.5. The number of ether oxygens (including phenoxy) is 4. The molecular formula is C26H24F3N3O6. The maximum Gasteiger partial charge on any atom is 0.332 e. The molecule has 0 unspecified atom stereocenters. The van der Waals surface area contributed by atoms with Gasteiger partial charge in [-0.25, -0.2) is 27.5 Å². The molecule has 12 heteroatoms. The van der Waals surface area contributed by atoms with Gasteiger partial charge in [0.25, 0.3) is 0 Å². The number of fused-ring (bicyclic) bond motifs is 1. The molecule has 0 aliphatic rings. The average molecular weight is 531 g/mol. The van der Waals surface area contributed by atoms with Crippen LogP contribution in [0, 0.1) is 17.5 Å². The number of nitrogens with zero attached hydrogens (tertiary/aromatic N) is 2. The van der Waals surface area contributed by atoms with Gasteiger partial charge in [0.1, 0.15) is 24.7 Å². The number of aromatic nitrogens is 3. The number of H-pyrrole nitrogens is 1. The van der Waals surface area contributed by atoms with E-state index in [1.165, 1.54) is 32.4 Å². The number of hydrogen-bond acceptors (Lipinski definition) is 7. The molecule has 2 aromatic carbocycles. The van der Waals surface area contributed by atoms with Crippen LogP contribution >= 0.6 is 0 Å². The maximum absolute atomic E-state index is 15.2. The van der Waals surface area contributed by atoms with E-state index in [-0.39, 0.29) is 52.0 Å². The Balaban J connectivity index is 1.75. The smallest absolute Gasteiger partial charge is 0.332 e. The molecule has 1 N–H and O–H groups in total. The summed E-state index contributed by atoms with van der Waals surface area (Å²) in [6.45, 7) is 1.61. The number of hydrogen-bond donors (Lipinski definition) is 1. The average Bonchev–Trinajstić information content (AvgIpc) is 3.24. The van der Waals surface area contributed by atoms with E-state index in [1.807, 2.05) is 6.92 Å². The highest BCUT2D eigenvalue weighted by Crippen LogP contribution is 2.34. The predicted molar refractivity (Wildman–Crippen MR) is 131 cm³/mol. The van der Waals surface area contributed by atoms with Crippen molar-refractivity contribution in [2.75, 3.05) is 27.4 Å². The molecule has 4 aromatic rings. The van der Waals surface area contributed by atoms with E-state index in [4.69, 9.17) is 18.9 Å². The molecule has 0 aliphatic carbocycles. The Morgan fingerprint density at radius 2 is 1.76 bits per heavy atom. The number of carbonyl (C=O) groups is 1. The molecule has 0 saturated carbocycles. The number of imidazole rings is 1. The second-order valence-corrected chi connectivity index (χ2v) is 8.09. The summed E-state index contributed by atoms with van der Waals surface area (Å²) in [5.41, 5.74) is -0.940. The molecule has 0 bridgehead atoms. The lowest BCUT2D eigenvalue weighted by molar-refractivity contribution is 0.0756. The molecule has 2 heterocycles. The zero-order chi connectivity index (χ0) is 27.4. The molecule has 200 valence electrons. The number of aromatic amines is 1. The number of ketones is 1. The number of Topliss-reactive ketones (excluding diaryl/α,β-unsaturated/α-hetero) is 1. The van der Waals surface area contributed by atoms with Crippen molar-refractivity contribution in [1.29, 1.82) is 0 Å². The number of nitrogens with one attached hydrogen (secondary N) is 1. The third-order valence-electron chi connectivity index (χ3n) is 5.62. The van der Waals surface area contributed by atoms with E-state index in [9.17, 15) is 18.4 Å². The van der Waals surface area contributed by atoms with Gasteiger partial charge in [-0.1, -0.05) is 6.92 Å². The first-order chi connectivity index (χ1) is 18.3. The number of methoxy groups -OCH3 is 2.